The molecule has 0 aromatic heterocycles. The van der Waals surface area contributed by atoms with Gasteiger partial charge in [0.1, 0.15) is 16.5 Å². The highest BCUT2D eigenvalue weighted by molar-refractivity contribution is 7.92. The minimum Gasteiger partial charge on any atom is -0.328 e. The number of rotatable bonds is 2. The average molecular weight is 275 g/mol. The van der Waals surface area contributed by atoms with Gasteiger partial charge < -0.3 is 5.73 Å². The Balaban J connectivity index is 2.35. The van der Waals surface area contributed by atoms with E-state index in [0.29, 0.717) is 25.3 Å². The SMILES string of the molecule is NC1CCCC(S(=O)(=O)c2ccc(F)cc2F)C1. The zero-order valence-corrected chi connectivity index (χ0v) is 10.6. The van der Waals surface area contributed by atoms with Crippen molar-refractivity contribution in [3.63, 3.8) is 0 Å². The third kappa shape index (κ3) is 2.54. The van der Waals surface area contributed by atoms with Gasteiger partial charge in [0.2, 0.25) is 0 Å². The van der Waals surface area contributed by atoms with Crippen LogP contribution >= 0.6 is 0 Å². The first-order valence-electron chi connectivity index (χ1n) is 5.86. The standard InChI is InChI=1S/C12H15F2NO2S/c13-8-4-5-12(11(14)6-8)18(16,17)10-3-1-2-9(15)7-10/h4-6,9-10H,1-3,7,15H2. The molecule has 0 spiro atoms. The van der Waals surface area contributed by atoms with Gasteiger partial charge in [-0.15, -0.1) is 0 Å². The predicted molar refractivity (Wildman–Crippen MR) is 63.8 cm³/mol. The lowest BCUT2D eigenvalue weighted by Crippen LogP contribution is -2.35. The van der Waals surface area contributed by atoms with E-state index in [1.807, 2.05) is 0 Å². The van der Waals surface area contributed by atoms with Gasteiger partial charge >= 0.3 is 0 Å². The van der Waals surface area contributed by atoms with E-state index in [1.54, 1.807) is 0 Å². The summed E-state index contributed by atoms with van der Waals surface area (Å²) in [6.07, 6.45) is 2.32. The number of hydrogen-bond donors (Lipinski definition) is 1. The summed E-state index contributed by atoms with van der Waals surface area (Å²) in [5.41, 5.74) is 5.74. The normalized spacial score (nSPS) is 25.1. The van der Waals surface area contributed by atoms with E-state index in [2.05, 4.69) is 0 Å². The fourth-order valence-corrected chi connectivity index (χ4v) is 4.27. The molecule has 2 unspecified atom stereocenters. The van der Waals surface area contributed by atoms with Crippen LogP contribution in [0.25, 0.3) is 0 Å². The van der Waals surface area contributed by atoms with E-state index in [-0.39, 0.29) is 6.04 Å². The van der Waals surface area contributed by atoms with Crippen molar-refractivity contribution in [3.8, 4) is 0 Å². The Kier molecular flexibility index (Phi) is 3.68. The van der Waals surface area contributed by atoms with E-state index in [0.717, 1.165) is 18.6 Å². The van der Waals surface area contributed by atoms with Crippen LogP contribution < -0.4 is 5.73 Å². The maximum atomic E-state index is 13.5. The van der Waals surface area contributed by atoms with Gasteiger partial charge in [-0.25, -0.2) is 17.2 Å². The van der Waals surface area contributed by atoms with Crippen molar-refractivity contribution in [1.29, 1.82) is 0 Å². The van der Waals surface area contributed by atoms with Gasteiger partial charge in [-0.3, -0.25) is 0 Å². The molecule has 18 heavy (non-hydrogen) atoms. The average Bonchev–Trinajstić information content (AvgIpc) is 2.28. The van der Waals surface area contributed by atoms with E-state index >= 15 is 0 Å². The molecule has 0 aliphatic heterocycles. The van der Waals surface area contributed by atoms with E-state index in [4.69, 9.17) is 5.73 Å². The van der Waals surface area contributed by atoms with Crippen molar-refractivity contribution in [3.05, 3.63) is 29.8 Å². The Morgan fingerprint density at radius 1 is 1.22 bits per heavy atom. The third-order valence-electron chi connectivity index (χ3n) is 3.31. The van der Waals surface area contributed by atoms with Crippen molar-refractivity contribution < 1.29 is 17.2 Å². The zero-order valence-electron chi connectivity index (χ0n) is 9.77. The number of hydrogen-bond acceptors (Lipinski definition) is 3. The second kappa shape index (κ2) is 4.93. The lowest BCUT2D eigenvalue weighted by molar-refractivity contribution is 0.431. The Morgan fingerprint density at radius 3 is 2.56 bits per heavy atom. The van der Waals surface area contributed by atoms with Crippen LogP contribution in [-0.2, 0) is 9.84 Å². The molecular formula is C12H15F2NO2S. The lowest BCUT2D eigenvalue weighted by Gasteiger charge is -2.26. The molecule has 1 aromatic rings. The van der Waals surface area contributed by atoms with Crippen molar-refractivity contribution >= 4 is 9.84 Å². The van der Waals surface area contributed by atoms with Crippen LogP contribution in [0, 0.1) is 11.6 Å². The van der Waals surface area contributed by atoms with Crippen LogP contribution in [0.3, 0.4) is 0 Å². The molecule has 6 heteroatoms. The van der Waals surface area contributed by atoms with Gasteiger partial charge in [-0.2, -0.15) is 0 Å². The largest absolute Gasteiger partial charge is 0.328 e. The molecule has 1 fully saturated rings. The van der Waals surface area contributed by atoms with Crippen LogP contribution in [0.4, 0.5) is 8.78 Å². The Labute approximate surface area is 105 Å². The molecule has 2 atom stereocenters. The number of benzene rings is 1. The molecule has 3 nitrogen and oxygen atoms in total. The molecule has 100 valence electrons. The molecule has 1 aromatic carbocycles. The number of halogens is 2. The molecule has 0 saturated heterocycles. The monoisotopic (exact) mass is 275 g/mol. The van der Waals surface area contributed by atoms with Gasteiger partial charge in [-0.05, 0) is 31.4 Å². The van der Waals surface area contributed by atoms with Gasteiger partial charge in [0.25, 0.3) is 0 Å². The molecular weight excluding hydrogens is 260 g/mol. The molecule has 0 heterocycles. The second-order valence-electron chi connectivity index (χ2n) is 4.67. The summed E-state index contributed by atoms with van der Waals surface area (Å²) in [5.74, 6) is -1.82. The topological polar surface area (TPSA) is 60.2 Å². The van der Waals surface area contributed by atoms with Crippen LogP contribution in [-0.4, -0.2) is 19.7 Å². The number of sulfone groups is 1. The predicted octanol–water partition coefficient (Wildman–Crippen LogP) is 2.01. The summed E-state index contributed by atoms with van der Waals surface area (Å²) in [5, 5.41) is -0.666. The zero-order chi connectivity index (χ0) is 13.3. The Bertz CT molecular complexity index is 545. The third-order valence-corrected chi connectivity index (χ3v) is 5.56. The molecule has 0 radical (unpaired) electrons. The highest BCUT2D eigenvalue weighted by Gasteiger charge is 2.33. The Hall–Kier alpha value is -1.01. The van der Waals surface area contributed by atoms with Gasteiger partial charge in [0.15, 0.2) is 9.84 Å². The molecule has 1 saturated carbocycles. The molecule has 2 rings (SSSR count). The van der Waals surface area contributed by atoms with E-state index in [9.17, 15) is 17.2 Å². The summed E-state index contributed by atoms with van der Waals surface area (Å²) in [4.78, 5) is -0.428. The summed E-state index contributed by atoms with van der Waals surface area (Å²) in [6, 6.07) is 2.37. The molecule has 1 aliphatic rings. The fraction of sp³-hybridized carbons (Fsp3) is 0.500. The van der Waals surface area contributed by atoms with Crippen molar-refractivity contribution in [1.82, 2.24) is 0 Å². The van der Waals surface area contributed by atoms with Crippen LogP contribution in [0.1, 0.15) is 25.7 Å². The lowest BCUT2D eigenvalue weighted by atomic mass is 9.96. The highest BCUT2D eigenvalue weighted by atomic mass is 32.2. The quantitative estimate of drug-likeness (QED) is 0.840. The van der Waals surface area contributed by atoms with Crippen molar-refractivity contribution in [2.75, 3.05) is 0 Å². The minimum absolute atomic E-state index is 0.165. The smallest absolute Gasteiger partial charge is 0.184 e. The Morgan fingerprint density at radius 2 is 1.94 bits per heavy atom. The minimum atomic E-state index is -3.76. The maximum Gasteiger partial charge on any atom is 0.184 e. The number of nitrogens with two attached hydrogens (primary N) is 1. The van der Waals surface area contributed by atoms with Crippen LogP contribution in [0.15, 0.2) is 23.1 Å². The van der Waals surface area contributed by atoms with Gasteiger partial charge in [-0.1, -0.05) is 6.42 Å². The first-order chi connectivity index (χ1) is 8.41. The summed E-state index contributed by atoms with van der Waals surface area (Å²) >= 11 is 0. The molecule has 2 N–H and O–H groups in total. The van der Waals surface area contributed by atoms with Crippen LogP contribution in [0.5, 0.6) is 0 Å². The maximum absolute atomic E-state index is 13.5. The molecule has 0 bridgehead atoms. The summed E-state index contributed by atoms with van der Waals surface area (Å²) < 4.78 is 50.8. The van der Waals surface area contributed by atoms with E-state index < -0.39 is 31.6 Å². The first-order valence-corrected chi connectivity index (χ1v) is 7.40. The highest BCUT2D eigenvalue weighted by Crippen LogP contribution is 2.29. The second-order valence-corrected chi connectivity index (χ2v) is 6.86. The van der Waals surface area contributed by atoms with Crippen molar-refractivity contribution in [2.45, 2.75) is 41.9 Å². The fourth-order valence-electron chi connectivity index (χ4n) is 2.35. The summed E-state index contributed by atoms with van der Waals surface area (Å²) in [6.45, 7) is 0. The molecule has 0 amide bonds. The van der Waals surface area contributed by atoms with E-state index in [1.165, 1.54) is 0 Å². The summed E-state index contributed by atoms with van der Waals surface area (Å²) in [7, 11) is -3.76. The molecule has 1 aliphatic carbocycles. The van der Waals surface area contributed by atoms with Gasteiger partial charge in [0, 0.05) is 12.1 Å². The van der Waals surface area contributed by atoms with Crippen molar-refractivity contribution in [2.24, 2.45) is 5.73 Å². The van der Waals surface area contributed by atoms with Gasteiger partial charge in [0.05, 0.1) is 5.25 Å². The first kappa shape index (κ1) is 13.4. The van der Waals surface area contributed by atoms with Crippen LogP contribution in [0.2, 0.25) is 0 Å².